The number of nitrogens with zero attached hydrogens (tertiary/aromatic N) is 2. The molecule has 0 bridgehead atoms. The van der Waals surface area contributed by atoms with Gasteiger partial charge in [-0.1, -0.05) is 97.9 Å². The van der Waals surface area contributed by atoms with Gasteiger partial charge < -0.3 is 51.9 Å². The summed E-state index contributed by atoms with van der Waals surface area (Å²) in [5.41, 5.74) is 1.29. The van der Waals surface area contributed by atoms with Gasteiger partial charge in [-0.05, 0) is 189 Å². The van der Waals surface area contributed by atoms with E-state index < -0.39 is 106 Å². The van der Waals surface area contributed by atoms with Gasteiger partial charge in [-0.3, -0.25) is 14.6 Å². The van der Waals surface area contributed by atoms with E-state index in [0.717, 1.165) is 8.58 Å². The van der Waals surface area contributed by atoms with Crippen LogP contribution in [-0.2, 0) is 42.7 Å². The lowest BCUT2D eigenvalue weighted by Gasteiger charge is -2.37. The zero-order valence-electron chi connectivity index (χ0n) is 61.4. The molecule has 2 aromatic carbocycles. The monoisotopic (exact) mass is 1350 g/mol. The van der Waals surface area contributed by atoms with E-state index in [1.165, 1.54) is 15.9 Å². The van der Waals surface area contributed by atoms with E-state index in [2.05, 4.69) is 81.1 Å². The summed E-state index contributed by atoms with van der Waals surface area (Å²) in [6.45, 7) is 55.5. The summed E-state index contributed by atoms with van der Waals surface area (Å²) < 4.78 is 61.5. The lowest BCUT2D eigenvalue weighted by atomic mass is 9.98. The highest BCUT2D eigenvalue weighted by molar-refractivity contribution is 7.35. The number of rotatable bonds is 8. The highest BCUT2D eigenvalue weighted by Gasteiger charge is 2.47. The maximum absolute atomic E-state index is 14.0. The predicted octanol–water partition coefficient (Wildman–Crippen LogP) is 16.9. The molecule has 21 heteroatoms. The maximum Gasteiger partial charge on any atom is 0.414 e. The summed E-state index contributed by atoms with van der Waals surface area (Å²) >= 11 is 0. The van der Waals surface area contributed by atoms with E-state index in [9.17, 15) is 29.1 Å². The second-order valence-electron chi connectivity index (χ2n) is 30.6. The van der Waals surface area contributed by atoms with Crippen LogP contribution in [0.2, 0.25) is 36.3 Å². The Labute approximate surface area is 561 Å². The minimum atomic E-state index is -2.48. The Hall–Kier alpha value is -5.19. The smallest absolute Gasteiger partial charge is 0.414 e. The number of fused-ring (bicyclic) bond motifs is 4. The van der Waals surface area contributed by atoms with Crippen LogP contribution in [0, 0.1) is 11.8 Å². The fourth-order valence-electron chi connectivity index (χ4n) is 9.71. The molecular formula is C72H115N2O16PSi2. The van der Waals surface area contributed by atoms with Gasteiger partial charge in [-0.2, -0.15) is 0 Å². The first-order valence-electron chi connectivity index (χ1n) is 32.9. The van der Waals surface area contributed by atoms with Gasteiger partial charge in [0.25, 0.3) is 16.6 Å². The number of aliphatic hydroxyl groups excluding tert-OH is 1. The summed E-state index contributed by atoms with van der Waals surface area (Å²) in [6.07, 6.45) is 9.60. The molecule has 0 aromatic heterocycles. The van der Waals surface area contributed by atoms with Crippen LogP contribution in [0.15, 0.2) is 60.7 Å². The topological polar surface area (TPSA) is 204 Å². The average molecular weight is 1350 g/mol. The van der Waals surface area contributed by atoms with E-state index in [4.69, 9.17) is 46.7 Å². The highest BCUT2D eigenvalue weighted by atomic mass is 31.1. The number of carbonyl (C=O) groups is 5. The van der Waals surface area contributed by atoms with Crippen LogP contribution in [0.5, 0.6) is 11.5 Å². The first-order valence-corrected chi connectivity index (χ1v) is 40.7. The van der Waals surface area contributed by atoms with Gasteiger partial charge in [0.1, 0.15) is 64.3 Å². The van der Waals surface area contributed by atoms with Gasteiger partial charge in [0.2, 0.25) is 0 Å². The van der Waals surface area contributed by atoms with Crippen LogP contribution in [-0.4, -0.2) is 144 Å². The Morgan fingerprint density at radius 3 is 1.34 bits per heavy atom. The van der Waals surface area contributed by atoms with E-state index in [-0.39, 0.29) is 33.3 Å². The molecule has 2 fully saturated rings. The van der Waals surface area contributed by atoms with Crippen molar-refractivity contribution in [2.45, 2.75) is 267 Å². The fraction of sp³-hybridized carbons (Fsp3) is 0.653. The Morgan fingerprint density at radius 1 is 0.581 bits per heavy atom. The van der Waals surface area contributed by atoms with Crippen molar-refractivity contribution in [2.24, 2.45) is 11.8 Å². The van der Waals surface area contributed by atoms with Gasteiger partial charge in [0, 0.05) is 37.1 Å². The number of hydrogen-bond donors (Lipinski definition) is 1. The number of hydrogen-bond acceptors (Lipinski definition) is 16. The summed E-state index contributed by atoms with van der Waals surface area (Å²) in [4.78, 5) is 71.0. The second-order valence-corrected chi connectivity index (χ2v) is 41.0. The minimum absolute atomic E-state index is 0.165. The van der Waals surface area contributed by atoms with Crippen molar-refractivity contribution < 1.29 is 75.8 Å². The van der Waals surface area contributed by atoms with Crippen LogP contribution in [0.25, 0.3) is 12.2 Å². The second kappa shape index (κ2) is 31.8. The van der Waals surface area contributed by atoms with Crippen LogP contribution in [0.4, 0.5) is 21.0 Å². The molecule has 2 saturated heterocycles. The number of ether oxygens (including phenoxy) is 8. The summed E-state index contributed by atoms with van der Waals surface area (Å²) in [5, 5.41) is 10.7. The van der Waals surface area contributed by atoms with Crippen molar-refractivity contribution in [1.29, 1.82) is 0 Å². The van der Waals surface area contributed by atoms with Crippen molar-refractivity contribution in [3.63, 3.8) is 0 Å². The summed E-state index contributed by atoms with van der Waals surface area (Å²) in [6, 6.07) is 7.06. The number of esters is 2. The molecule has 6 rings (SSSR count). The molecule has 522 valence electrons. The van der Waals surface area contributed by atoms with Crippen molar-refractivity contribution in [3.05, 3.63) is 83.0 Å². The molecule has 0 radical (unpaired) electrons. The van der Waals surface area contributed by atoms with Crippen LogP contribution >= 0.6 is 8.58 Å². The van der Waals surface area contributed by atoms with Crippen LogP contribution < -0.4 is 18.7 Å². The molecule has 1 N–H and O–H groups in total. The van der Waals surface area contributed by atoms with E-state index >= 15 is 0 Å². The van der Waals surface area contributed by atoms with Gasteiger partial charge >= 0.3 is 24.1 Å². The van der Waals surface area contributed by atoms with Crippen LogP contribution in [0.1, 0.15) is 197 Å². The average Bonchev–Trinajstić information content (AvgIpc) is 1.56. The molecule has 4 aliphatic rings. The van der Waals surface area contributed by atoms with Crippen molar-refractivity contribution >= 4 is 78.7 Å². The fourth-order valence-corrected chi connectivity index (χ4v) is 11.7. The highest BCUT2D eigenvalue weighted by Crippen LogP contribution is 2.44. The Bertz CT molecular complexity index is 3050. The number of carbonyl (C=O) groups excluding carboxylic acids is 5. The SMILES string of the molecule is CCN(C(=O)OC(C)(C)C)c1cc2c(c(O[Si](C)(C)C(C)(C)C)c1)C(=O)O[C@@H](C)[C@H](C)/C=C\C(=O)[C@H]1OC(C)(C)O[C@H]1C/C=C/2.CCN(C(=O)OC(C)(C)C)c1cc2c(c(O[Si](C)(C)C(C)(C)C)c1)C(=O)O[C@@H](C)[C@H](C)/C=C\C(O)[C@H]1OC(C)(C)O[C@H]1C/C=C/2.CPC. The molecule has 4 heterocycles. The lowest BCUT2D eigenvalue weighted by molar-refractivity contribution is -0.152. The molecule has 9 atom stereocenters. The zero-order valence-corrected chi connectivity index (χ0v) is 64.4. The molecule has 0 aliphatic carbocycles. The lowest BCUT2D eigenvalue weighted by Crippen LogP contribution is -2.44. The first kappa shape index (κ1) is 80.2. The van der Waals surface area contributed by atoms with Crippen molar-refractivity contribution in [2.75, 3.05) is 36.2 Å². The number of benzene rings is 2. The number of aliphatic hydroxyl groups is 1. The van der Waals surface area contributed by atoms with Gasteiger partial charge in [-0.15, -0.1) is 8.58 Å². The molecule has 0 saturated carbocycles. The molecule has 1 unspecified atom stereocenters. The van der Waals surface area contributed by atoms with Gasteiger partial charge in [0.15, 0.2) is 17.4 Å². The molecule has 4 aliphatic heterocycles. The number of anilines is 2. The predicted molar refractivity (Wildman–Crippen MR) is 380 cm³/mol. The largest absolute Gasteiger partial charge is 0.543 e. The Balaban J connectivity index is 0.000000380. The molecular weight excluding hydrogens is 1240 g/mol. The molecule has 18 nitrogen and oxygen atoms in total. The van der Waals surface area contributed by atoms with Crippen molar-refractivity contribution in [1.82, 2.24) is 0 Å². The summed E-state index contributed by atoms with van der Waals surface area (Å²) in [7, 11) is -3.86. The van der Waals surface area contributed by atoms with Crippen LogP contribution in [0.3, 0.4) is 0 Å². The Kier molecular flexibility index (Phi) is 27.4. The number of amides is 2. The minimum Gasteiger partial charge on any atom is -0.543 e. The molecule has 2 amide bonds. The number of cyclic esters (lactones) is 2. The van der Waals surface area contributed by atoms with Gasteiger partial charge in [0.05, 0.1) is 23.6 Å². The first-order chi connectivity index (χ1) is 42.5. The third-order valence-corrected chi connectivity index (χ3v) is 25.8. The maximum atomic E-state index is 14.0. The number of ketones is 1. The normalized spacial score (nSPS) is 25.9. The zero-order chi connectivity index (χ0) is 70.9. The quantitative estimate of drug-likeness (QED) is 0.0858. The Morgan fingerprint density at radius 2 is 0.957 bits per heavy atom. The van der Waals surface area contributed by atoms with E-state index in [1.54, 1.807) is 63.3 Å². The van der Waals surface area contributed by atoms with Crippen molar-refractivity contribution in [3.8, 4) is 11.5 Å². The molecule has 93 heavy (non-hydrogen) atoms. The third kappa shape index (κ3) is 22.4. The molecule has 2 aromatic rings. The van der Waals surface area contributed by atoms with E-state index in [1.807, 2.05) is 114 Å². The third-order valence-electron chi connectivity index (χ3n) is 17.1. The standard InChI is InChI=1S/C35H55NO8Si.C35H53NO8Si.C2H7P/c2*1-14-36(32(39)43-33(4,5)6)25-20-24-16-15-17-27-30(42-35(10,11)41-27)26(37)19-18-22(2)23(3)40-31(38)29(24)28(21-25)44-45(12,13)34(7,8)9;1-3-2/h15-16,18-23,26-27,30,37H,14,17H2,1-13H3;15-16,18-23,27,30H,14,17H2,1-13H3;3H,1-2H3/b2*16-15+,19-18-;/t22-,23+,26?,27+,30-;22-,23+,27+,30-;/m11./s1. The van der Waals surface area contributed by atoms with Gasteiger partial charge in [-0.25, -0.2) is 19.2 Å². The van der Waals surface area contributed by atoms with E-state index in [0.29, 0.717) is 65.5 Å². The molecule has 0 spiro atoms. The summed E-state index contributed by atoms with van der Waals surface area (Å²) in [5.74, 6) is -2.83.